The van der Waals surface area contributed by atoms with Crippen LogP contribution in [-0.4, -0.2) is 41.9 Å². The highest BCUT2D eigenvalue weighted by Crippen LogP contribution is 2.30. The number of carbonyl (C=O) groups excluding carboxylic acids is 1. The molecule has 6 nitrogen and oxygen atoms in total. The summed E-state index contributed by atoms with van der Waals surface area (Å²) in [6.07, 6.45) is 0. The van der Waals surface area contributed by atoms with E-state index < -0.39 is 33.8 Å². The number of piperazine rings is 1. The van der Waals surface area contributed by atoms with E-state index in [9.17, 15) is 28.1 Å². The number of nitro groups is 1. The lowest BCUT2D eigenvalue weighted by Crippen LogP contribution is -2.49. The molecular formula is C19H17ClF3N3O3. The lowest BCUT2D eigenvalue weighted by Gasteiger charge is -2.36. The van der Waals surface area contributed by atoms with Gasteiger partial charge in [-0.05, 0) is 31.5 Å². The fraction of sp³-hybridized carbons (Fsp3) is 0.316. The number of anilines is 1. The maximum atomic E-state index is 14.4. The number of nitrogens with zero attached hydrogens (tertiary/aromatic N) is 3. The normalized spacial score (nSPS) is 14.3. The van der Waals surface area contributed by atoms with Gasteiger partial charge in [-0.25, -0.2) is 13.2 Å². The molecule has 10 heteroatoms. The summed E-state index contributed by atoms with van der Waals surface area (Å²) >= 11 is 6.02. The van der Waals surface area contributed by atoms with E-state index >= 15 is 0 Å². The molecule has 1 amide bonds. The molecule has 0 aromatic heterocycles. The Morgan fingerprint density at radius 1 is 1.03 bits per heavy atom. The summed E-state index contributed by atoms with van der Waals surface area (Å²) in [6, 6.07) is 3.18. The molecule has 0 bridgehead atoms. The van der Waals surface area contributed by atoms with Crippen LogP contribution in [0.25, 0.3) is 0 Å². The molecule has 1 aliphatic heterocycles. The summed E-state index contributed by atoms with van der Waals surface area (Å²) in [5.74, 6) is -3.94. The lowest BCUT2D eigenvalue weighted by atomic mass is 10.1. The molecule has 154 valence electrons. The van der Waals surface area contributed by atoms with Crippen molar-refractivity contribution in [3.8, 4) is 0 Å². The Labute approximate surface area is 169 Å². The lowest BCUT2D eigenvalue weighted by molar-refractivity contribution is -0.385. The molecule has 0 radical (unpaired) electrons. The first-order valence-electron chi connectivity index (χ1n) is 8.74. The van der Waals surface area contributed by atoms with Crippen LogP contribution >= 0.6 is 11.6 Å². The van der Waals surface area contributed by atoms with Crippen molar-refractivity contribution in [3.05, 3.63) is 67.5 Å². The number of hydrogen-bond donors (Lipinski definition) is 0. The maximum absolute atomic E-state index is 14.4. The van der Waals surface area contributed by atoms with Crippen LogP contribution in [0.4, 0.5) is 24.5 Å². The summed E-state index contributed by atoms with van der Waals surface area (Å²) in [4.78, 5) is 25.9. The monoisotopic (exact) mass is 427 g/mol. The second-order valence-corrected chi connectivity index (χ2v) is 7.18. The Hall–Kier alpha value is -2.81. The van der Waals surface area contributed by atoms with Crippen LogP contribution in [0.1, 0.15) is 21.5 Å². The predicted octanol–water partition coefficient (Wildman–Crippen LogP) is 4.24. The van der Waals surface area contributed by atoms with Crippen molar-refractivity contribution < 1.29 is 22.9 Å². The van der Waals surface area contributed by atoms with Crippen molar-refractivity contribution in [3.63, 3.8) is 0 Å². The Morgan fingerprint density at radius 3 is 2.24 bits per heavy atom. The maximum Gasteiger partial charge on any atom is 0.275 e. The van der Waals surface area contributed by atoms with Crippen molar-refractivity contribution in [1.29, 1.82) is 0 Å². The van der Waals surface area contributed by atoms with Crippen molar-refractivity contribution >= 4 is 28.9 Å². The molecule has 0 unspecified atom stereocenters. The number of amides is 1. The molecule has 3 rings (SSSR count). The molecule has 2 aromatic carbocycles. The third-order valence-corrected chi connectivity index (χ3v) is 5.41. The number of halogens is 4. The minimum absolute atomic E-state index is 0.125. The Kier molecular flexibility index (Phi) is 5.70. The van der Waals surface area contributed by atoms with Gasteiger partial charge >= 0.3 is 0 Å². The van der Waals surface area contributed by atoms with E-state index in [0.717, 1.165) is 12.1 Å². The second-order valence-electron chi connectivity index (χ2n) is 6.80. The summed E-state index contributed by atoms with van der Waals surface area (Å²) in [5, 5.41) is 10.8. The quantitative estimate of drug-likeness (QED) is 0.417. The molecule has 29 heavy (non-hydrogen) atoms. The highest BCUT2D eigenvalue weighted by molar-refractivity contribution is 6.34. The Bertz CT molecular complexity index is 982. The summed E-state index contributed by atoms with van der Waals surface area (Å²) in [5.41, 5.74) is -0.0855. The first-order valence-corrected chi connectivity index (χ1v) is 9.12. The molecule has 1 saturated heterocycles. The van der Waals surface area contributed by atoms with Crippen LogP contribution in [0.5, 0.6) is 0 Å². The zero-order valence-electron chi connectivity index (χ0n) is 15.6. The second kappa shape index (κ2) is 7.90. The van der Waals surface area contributed by atoms with Crippen LogP contribution < -0.4 is 4.90 Å². The average Bonchev–Trinajstić information content (AvgIpc) is 2.68. The minimum atomic E-state index is -1.30. The van der Waals surface area contributed by atoms with Gasteiger partial charge in [-0.3, -0.25) is 14.9 Å². The number of nitro benzene ring substituents is 1. The van der Waals surface area contributed by atoms with Gasteiger partial charge in [0.25, 0.3) is 11.6 Å². The molecule has 1 aliphatic rings. The standard InChI is InChI=1S/C19H17ClF3N3O3/c1-10-8-15(12(21)9-14(10)26(28)29)24-3-5-25(6-4-24)19(27)16-17(20)11(2)7-13(22)18(16)23/h7-9H,3-6H2,1-2H3. The SMILES string of the molecule is Cc1cc(N2CCN(C(=O)c3c(F)c(F)cc(C)c3Cl)CC2)c(F)cc1[N+](=O)[O-]. The van der Waals surface area contributed by atoms with E-state index in [1.165, 1.54) is 24.8 Å². The molecule has 0 aliphatic carbocycles. The minimum Gasteiger partial charge on any atom is -0.366 e. The first-order chi connectivity index (χ1) is 13.6. The van der Waals surface area contributed by atoms with Crippen LogP contribution in [0.2, 0.25) is 5.02 Å². The van der Waals surface area contributed by atoms with Crippen LogP contribution in [0, 0.1) is 41.4 Å². The predicted molar refractivity (Wildman–Crippen MR) is 102 cm³/mol. The number of rotatable bonds is 3. The molecule has 1 heterocycles. The Balaban J connectivity index is 1.79. The summed E-state index contributed by atoms with van der Waals surface area (Å²) < 4.78 is 42.2. The van der Waals surface area contributed by atoms with Gasteiger partial charge in [0.05, 0.1) is 27.3 Å². The van der Waals surface area contributed by atoms with Gasteiger partial charge in [0.15, 0.2) is 17.5 Å². The number of carbonyl (C=O) groups is 1. The van der Waals surface area contributed by atoms with Gasteiger partial charge in [-0.15, -0.1) is 0 Å². The largest absolute Gasteiger partial charge is 0.366 e. The first kappa shape index (κ1) is 20.9. The highest BCUT2D eigenvalue weighted by atomic mass is 35.5. The van der Waals surface area contributed by atoms with Crippen molar-refractivity contribution in [2.24, 2.45) is 0 Å². The number of hydrogen-bond acceptors (Lipinski definition) is 4. The van der Waals surface area contributed by atoms with E-state index in [2.05, 4.69) is 0 Å². The zero-order chi connectivity index (χ0) is 21.5. The summed E-state index contributed by atoms with van der Waals surface area (Å²) in [7, 11) is 0. The smallest absolute Gasteiger partial charge is 0.275 e. The Morgan fingerprint density at radius 2 is 1.66 bits per heavy atom. The third kappa shape index (κ3) is 3.87. The fourth-order valence-corrected chi connectivity index (χ4v) is 3.54. The van der Waals surface area contributed by atoms with Crippen molar-refractivity contribution in [1.82, 2.24) is 4.90 Å². The zero-order valence-corrected chi connectivity index (χ0v) is 16.4. The molecule has 0 saturated carbocycles. The topological polar surface area (TPSA) is 66.7 Å². The average molecular weight is 428 g/mol. The van der Waals surface area contributed by atoms with Gasteiger partial charge in [-0.1, -0.05) is 11.6 Å². The van der Waals surface area contributed by atoms with E-state index in [0.29, 0.717) is 5.56 Å². The molecular weight excluding hydrogens is 411 g/mol. The van der Waals surface area contributed by atoms with Crippen LogP contribution in [-0.2, 0) is 0 Å². The van der Waals surface area contributed by atoms with Gasteiger partial charge in [0.2, 0.25) is 0 Å². The molecule has 0 N–H and O–H groups in total. The molecule has 0 spiro atoms. The van der Waals surface area contributed by atoms with Gasteiger partial charge in [-0.2, -0.15) is 0 Å². The molecule has 1 fully saturated rings. The summed E-state index contributed by atoms with van der Waals surface area (Å²) in [6.45, 7) is 3.66. The number of benzene rings is 2. The van der Waals surface area contributed by atoms with Gasteiger partial charge in [0, 0.05) is 31.7 Å². The van der Waals surface area contributed by atoms with E-state index in [1.807, 2.05) is 0 Å². The van der Waals surface area contributed by atoms with E-state index in [-0.39, 0.29) is 48.1 Å². The fourth-order valence-electron chi connectivity index (χ4n) is 3.32. The van der Waals surface area contributed by atoms with E-state index in [1.54, 1.807) is 4.90 Å². The molecule has 0 atom stereocenters. The van der Waals surface area contributed by atoms with Gasteiger partial charge in [0.1, 0.15) is 0 Å². The highest BCUT2D eigenvalue weighted by Gasteiger charge is 2.29. The van der Waals surface area contributed by atoms with Crippen molar-refractivity contribution in [2.45, 2.75) is 13.8 Å². The van der Waals surface area contributed by atoms with Crippen molar-refractivity contribution in [2.75, 3.05) is 31.1 Å². The van der Waals surface area contributed by atoms with Crippen LogP contribution in [0.15, 0.2) is 18.2 Å². The number of aryl methyl sites for hydroxylation is 2. The van der Waals surface area contributed by atoms with Crippen LogP contribution in [0.3, 0.4) is 0 Å². The molecule has 2 aromatic rings. The van der Waals surface area contributed by atoms with Gasteiger partial charge < -0.3 is 9.80 Å². The third-order valence-electron chi connectivity index (χ3n) is 4.92. The van der Waals surface area contributed by atoms with E-state index in [4.69, 9.17) is 11.6 Å².